The van der Waals surface area contributed by atoms with Gasteiger partial charge in [-0.05, 0) is 18.3 Å². The Morgan fingerprint density at radius 3 is 2.21 bits per heavy atom. The zero-order chi connectivity index (χ0) is 14.5. The number of amides is 2. The lowest BCUT2D eigenvalue weighted by Crippen LogP contribution is -2.49. The largest absolute Gasteiger partial charge is 0.479 e. The fourth-order valence-corrected chi connectivity index (χ4v) is 2.52. The topological polar surface area (TPSA) is 89.9 Å². The van der Waals surface area contributed by atoms with Gasteiger partial charge < -0.3 is 20.4 Å². The Labute approximate surface area is 113 Å². The third kappa shape index (κ3) is 4.09. The van der Waals surface area contributed by atoms with Crippen molar-refractivity contribution in [1.82, 2.24) is 10.2 Å². The molecular weight excluding hydrogens is 248 g/mol. The molecule has 0 bridgehead atoms. The molecule has 0 spiro atoms. The highest BCUT2D eigenvalue weighted by atomic mass is 16.4. The summed E-state index contributed by atoms with van der Waals surface area (Å²) in [5, 5.41) is 20.1. The maximum Gasteiger partial charge on any atom is 0.334 e. The first-order valence-corrected chi connectivity index (χ1v) is 6.88. The molecule has 0 aromatic heterocycles. The van der Waals surface area contributed by atoms with Gasteiger partial charge in [-0.3, -0.25) is 0 Å². The molecule has 0 saturated carbocycles. The Balaban J connectivity index is 2.39. The maximum absolute atomic E-state index is 11.8. The predicted octanol–water partition coefficient (Wildman–Crippen LogP) is 1.04. The van der Waals surface area contributed by atoms with Crippen molar-refractivity contribution in [2.75, 3.05) is 19.6 Å². The molecular formula is C13H24N2O4. The Morgan fingerprint density at radius 2 is 1.79 bits per heavy atom. The number of carboxylic acid groups (broad SMARTS) is 1. The number of urea groups is 1. The van der Waals surface area contributed by atoms with Crippen LogP contribution in [0.4, 0.5) is 4.79 Å². The van der Waals surface area contributed by atoms with Crippen LogP contribution in [-0.4, -0.2) is 52.9 Å². The van der Waals surface area contributed by atoms with E-state index in [9.17, 15) is 9.59 Å². The van der Waals surface area contributed by atoms with Gasteiger partial charge in [-0.2, -0.15) is 0 Å². The fraction of sp³-hybridized carbons (Fsp3) is 0.846. The molecule has 110 valence electrons. The van der Waals surface area contributed by atoms with Crippen molar-refractivity contribution < 1.29 is 19.8 Å². The minimum atomic E-state index is -1.54. The van der Waals surface area contributed by atoms with Crippen molar-refractivity contribution in [3.05, 3.63) is 0 Å². The first kappa shape index (κ1) is 15.8. The number of aliphatic hydroxyl groups excluding tert-OH is 1. The minimum Gasteiger partial charge on any atom is -0.479 e. The molecule has 6 nitrogen and oxygen atoms in total. The standard InChI is InChI=1S/C13H24N2O4/c1-3-13(4-2)5-7-15(8-6-13)12(19)14-9-10(16)11(17)18/h10,16H,3-9H2,1-2H3,(H,14,19)(H,17,18). The second-order valence-corrected chi connectivity index (χ2v) is 5.23. The van der Waals surface area contributed by atoms with Gasteiger partial charge in [-0.25, -0.2) is 9.59 Å². The average molecular weight is 272 g/mol. The monoisotopic (exact) mass is 272 g/mol. The molecule has 1 aliphatic rings. The van der Waals surface area contributed by atoms with Gasteiger partial charge in [0.2, 0.25) is 0 Å². The molecule has 1 fully saturated rings. The Hall–Kier alpha value is -1.30. The summed E-state index contributed by atoms with van der Waals surface area (Å²) in [5.74, 6) is -1.32. The van der Waals surface area contributed by atoms with Gasteiger partial charge in [-0.15, -0.1) is 0 Å². The molecule has 1 unspecified atom stereocenters. The number of likely N-dealkylation sites (tertiary alicyclic amines) is 1. The van der Waals surface area contributed by atoms with Gasteiger partial charge in [0.05, 0.1) is 6.54 Å². The first-order valence-electron chi connectivity index (χ1n) is 6.88. The summed E-state index contributed by atoms with van der Waals surface area (Å²) in [6, 6.07) is -0.291. The van der Waals surface area contributed by atoms with Gasteiger partial charge in [0.25, 0.3) is 0 Å². The van der Waals surface area contributed by atoms with Crippen LogP contribution in [0.5, 0.6) is 0 Å². The molecule has 6 heteroatoms. The number of nitrogens with zero attached hydrogens (tertiary/aromatic N) is 1. The van der Waals surface area contributed by atoms with Gasteiger partial charge >= 0.3 is 12.0 Å². The molecule has 0 aliphatic carbocycles. The third-order valence-corrected chi connectivity index (χ3v) is 4.34. The number of rotatable bonds is 5. The Kier molecular flexibility index (Phi) is 5.60. The summed E-state index contributed by atoms with van der Waals surface area (Å²) in [7, 11) is 0. The smallest absolute Gasteiger partial charge is 0.334 e. The normalized spacial score (nSPS) is 19.8. The summed E-state index contributed by atoms with van der Waals surface area (Å²) >= 11 is 0. The number of carbonyl (C=O) groups is 2. The Morgan fingerprint density at radius 1 is 1.26 bits per heavy atom. The molecule has 3 N–H and O–H groups in total. The van der Waals surface area contributed by atoms with Crippen LogP contribution in [0, 0.1) is 5.41 Å². The van der Waals surface area contributed by atoms with E-state index < -0.39 is 12.1 Å². The quantitative estimate of drug-likeness (QED) is 0.697. The van der Waals surface area contributed by atoms with E-state index in [-0.39, 0.29) is 12.6 Å². The van der Waals surface area contributed by atoms with Crippen molar-refractivity contribution in [3.8, 4) is 0 Å². The number of nitrogens with one attached hydrogen (secondary N) is 1. The van der Waals surface area contributed by atoms with Crippen molar-refractivity contribution >= 4 is 12.0 Å². The highest BCUT2D eigenvalue weighted by Gasteiger charge is 2.32. The van der Waals surface area contributed by atoms with E-state index in [1.165, 1.54) is 0 Å². The molecule has 1 heterocycles. The second kappa shape index (κ2) is 6.75. The van der Waals surface area contributed by atoms with Crippen LogP contribution in [0.2, 0.25) is 0 Å². The van der Waals surface area contributed by atoms with Crippen LogP contribution in [-0.2, 0) is 4.79 Å². The van der Waals surface area contributed by atoms with E-state index in [4.69, 9.17) is 10.2 Å². The molecule has 2 amide bonds. The number of piperidine rings is 1. The van der Waals surface area contributed by atoms with Crippen molar-refractivity contribution in [1.29, 1.82) is 0 Å². The lowest BCUT2D eigenvalue weighted by molar-refractivity contribution is -0.146. The van der Waals surface area contributed by atoms with Crippen molar-refractivity contribution in [2.45, 2.75) is 45.6 Å². The molecule has 0 aromatic rings. The molecule has 0 radical (unpaired) electrons. The predicted molar refractivity (Wildman–Crippen MR) is 70.9 cm³/mol. The number of carbonyl (C=O) groups excluding carboxylic acids is 1. The Bertz CT molecular complexity index is 319. The first-order chi connectivity index (χ1) is 8.94. The number of aliphatic carboxylic acids is 1. The van der Waals surface area contributed by atoms with E-state index in [1.54, 1.807) is 4.90 Å². The molecule has 1 saturated heterocycles. The van der Waals surface area contributed by atoms with Crippen molar-refractivity contribution in [3.63, 3.8) is 0 Å². The molecule has 19 heavy (non-hydrogen) atoms. The van der Waals surface area contributed by atoms with E-state index in [1.807, 2.05) is 0 Å². The molecule has 1 rings (SSSR count). The number of hydrogen-bond donors (Lipinski definition) is 3. The van der Waals surface area contributed by atoms with Crippen LogP contribution in [0.3, 0.4) is 0 Å². The summed E-state index contributed by atoms with van der Waals surface area (Å²) < 4.78 is 0. The number of hydrogen-bond acceptors (Lipinski definition) is 3. The van der Waals surface area contributed by atoms with Crippen LogP contribution in [0.1, 0.15) is 39.5 Å². The number of aliphatic hydroxyl groups is 1. The van der Waals surface area contributed by atoms with Gasteiger partial charge in [0, 0.05) is 13.1 Å². The molecule has 0 aromatic carbocycles. The van der Waals surface area contributed by atoms with Crippen molar-refractivity contribution in [2.24, 2.45) is 5.41 Å². The van der Waals surface area contributed by atoms with E-state index in [0.29, 0.717) is 18.5 Å². The second-order valence-electron chi connectivity index (χ2n) is 5.23. The fourth-order valence-electron chi connectivity index (χ4n) is 2.52. The van der Waals surface area contributed by atoms with Crippen LogP contribution in [0.15, 0.2) is 0 Å². The minimum absolute atomic E-state index is 0.253. The van der Waals surface area contributed by atoms with Crippen LogP contribution < -0.4 is 5.32 Å². The summed E-state index contributed by atoms with van der Waals surface area (Å²) in [4.78, 5) is 24.0. The van der Waals surface area contributed by atoms with E-state index in [0.717, 1.165) is 25.7 Å². The number of carboxylic acids is 1. The lowest BCUT2D eigenvalue weighted by atomic mass is 9.74. The van der Waals surface area contributed by atoms with Gasteiger partial charge in [0.1, 0.15) is 0 Å². The summed E-state index contributed by atoms with van der Waals surface area (Å²) in [6.45, 7) is 5.50. The average Bonchev–Trinajstić information content (AvgIpc) is 2.44. The summed E-state index contributed by atoms with van der Waals surface area (Å²) in [6.07, 6.45) is 2.66. The lowest BCUT2D eigenvalue weighted by Gasteiger charge is -2.40. The van der Waals surface area contributed by atoms with Crippen LogP contribution >= 0.6 is 0 Å². The van der Waals surface area contributed by atoms with E-state index >= 15 is 0 Å². The molecule has 1 atom stereocenters. The zero-order valence-corrected chi connectivity index (χ0v) is 11.7. The zero-order valence-electron chi connectivity index (χ0n) is 11.7. The van der Waals surface area contributed by atoms with Gasteiger partial charge in [0.15, 0.2) is 6.10 Å². The van der Waals surface area contributed by atoms with Gasteiger partial charge in [-0.1, -0.05) is 26.7 Å². The molecule has 1 aliphatic heterocycles. The highest BCUT2D eigenvalue weighted by Crippen LogP contribution is 2.37. The van der Waals surface area contributed by atoms with Crippen LogP contribution in [0.25, 0.3) is 0 Å². The summed E-state index contributed by atoms with van der Waals surface area (Å²) in [5.41, 5.74) is 0.345. The highest BCUT2D eigenvalue weighted by molar-refractivity contribution is 5.76. The van der Waals surface area contributed by atoms with E-state index in [2.05, 4.69) is 19.2 Å². The SMILES string of the molecule is CCC1(CC)CCN(C(=O)NCC(O)C(=O)O)CC1. The third-order valence-electron chi connectivity index (χ3n) is 4.34. The maximum atomic E-state index is 11.8.